The van der Waals surface area contributed by atoms with Crippen molar-refractivity contribution in [3.63, 3.8) is 0 Å². The average molecular weight is 390 g/mol. The fraction of sp³-hybridized carbons (Fsp3) is 0.556. The lowest BCUT2D eigenvalue weighted by molar-refractivity contribution is -0.121. The Kier molecular flexibility index (Phi) is 5.39. The Morgan fingerprint density at radius 1 is 1.46 bits per heavy atom. The average Bonchev–Trinajstić information content (AvgIpc) is 3.13. The van der Waals surface area contributed by atoms with E-state index in [4.69, 9.17) is 0 Å². The molecule has 1 aliphatic carbocycles. The van der Waals surface area contributed by atoms with Crippen molar-refractivity contribution in [2.45, 2.75) is 62.5 Å². The molecule has 1 amide bonds. The number of hydrogen-bond acceptors (Lipinski definition) is 6. The first-order valence-corrected chi connectivity index (χ1v) is 10.5. The Morgan fingerprint density at radius 3 is 2.73 bits per heavy atom. The highest BCUT2D eigenvalue weighted by molar-refractivity contribution is 8.00. The number of nitrogens with zero attached hydrogens (tertiary/aromatic N) is 4. The molecule has 0 unspecified atom stereocenters. The molecule has 6 nitrogen and oxygen atoms in total. The molecular formula is C18H23N5OS2. The first-order valence-electron chi connectivity index (χ1n) is 8.74. The van der Waals surface area contributed by atoms with Gasteiger partial charge in [0.25, 0.3) is 0 Å². The van der Waals surface area contributed by atoms with E-state index in [1.54, 1.807) is 18.3 Å². The number of rotatable bonds is 7. The van der Waals surface area contributed by atoms with E-state index in [-0.39, 0.29) is 17.1 Å². The van der Waals surface area contributed by atoms with Gasteiger partial charge in [0.1, 0.15) is 5.54 Å². The third kappa shape index (κ3) is 3.79. The van der Waals surface area contributed by atoms with Crippen LogP contribution in [0.2, 0.25) is 0 Å². The van der Waals surface area contributed by atoms with Gasteiger partial charge in [-0.25, -0.2) is 0 Å². The molecule has 0 aromatic carbocycles. The van der Waals surface area contributed by atoms with Gasteiger partial charge in [0.15, 0.2) is 11.0 Å². The van der Waals surface area contributed by atoms with Crippen molar-refractivity contribution in [3.05, 3.63) is 17.5 Å². The Morgan fingerprint density at radius 2 is 2.19 bits per heavy atom. The summed E-state index contributed by atoms with van der Waals surface area (Å²) in [6.45, 7) is 7.46. The van der Waals surface area contributed by atoms with E-state index < -0.39 is 5.54 Å². The van der Waals surface area contributed by atoms with Crippen LogP contribution in [0.1, 0.15) is 46.6 Å². The number of carbonyl (C=O) groups is 1. The van der Waals surface area contributed by atoms with Gasteiger partial charge in [0.2, 0.25) is 5.91 Å². The maximum absolute atomic E-state index is 12.6. The lowest BCUT2D eigenvalue weighted by Crippen LogP contribution is -2.51. The van der Waals surface area contributed by atoms with Gasteiger partial charge in [0.05, 0.1) is 16.2 Å². The molecule has 1 aliphatic rings. The predicted molar refractivity (Wildman–Crippen MR) is 104 cm³/mol. The quantitative estimate of drug-likeness (QED) is 0.727. The maximum Gasteiger partial charge on any atom is 0.234 e. The molecule has 0 bridgehead atoms. The summed E-state index contributed by atoms with van der Waals surface area (Å²) in [5, 5.41) is 23.4. The molecule has 1 fully saturated rings. The molecule has 8 heteroatoms. The van der Waals surface area contributed by atoms with Gasteiger partial charge >= 0.3 is 0 Å². The standard InChI is InChI=1S/C18H23N5OS2/c1-11(2)18(4,10-19)20-16(24)12(3)26-17-22-21-15(14-6-5-9-25-14)23(17)13-7-8-13/h5-6,9,11-13H,7-8H2,1-4H3,(H,20,24)/t12-,18+/m0/s1. The Bertz CT molecular complexity index is 819. The van der Waals surface area contributed by atoms with Gasteiger partial charge in [0, 0.05) is 6.04 Å². The SMILES string of the molecule is CC(C)[C@@](C)(C#N)NC(=O)[C@H](C)Sc1nnc(-c2cccs2)n1C1CC1. The number of carbonyl (C=O) groups excluding carboxylic acids is 1. The van der Waals surface area contributed by atoms with Crippen LogP contribution in [-0.4, -0.2) is 31.5 Å². The molecule has 2 aromatic heterocycles. The predicted octanol–water partition coefficient (Wildman–Crippen LogP) is 3.88. The van der Waals surface area contributed by atoms with Crippen molar-refractivity contribution in [1.29, 1.82) is 5.26 Å². The van der Waals surface area contributed by atoms with Gasteiger partial charge in [-0.2, -0.15) is 5.26 Å². The van der Waals surface area contributed by atoms with Crippen LogP contribution < -0.4 is 5.32 Å². The van der Waals surface area contributed by atoms with Gasteiger partial charge < -0.3 is 5.32 Å². The maximum atomic E-state index is 12.6. The molecule has 2 aromatic rings. The molecular weight excluding hydrogens is 366 g/mol. The molecule has 26 heavy (non-hydrogen) atoms. The monoisotopic (exact) mass is 389 g/mol. The summed E-state index contributed by atoms with van der Waals surface area (Å²) in [5.74, 6) is 0.742. The molecule has 2 atom stereocenters. The van der Waals surface area contributed by atoms with Gasteiger partial charge in [-0.15, -0.1) is 21.5 Å². The van der Waals surface area contributed by atoms with Gasteiger partial charge in [-0.05, 0) is 44.1 Å². The molecule has 2 heterocycles. The first-order chi connectivity index (χ1) is 12.4. The summed E-state index contributed by atoms with van der Waals surface area (Å²) in [5.41, 5.74) is -0.877. The van der Waals surface area contributed by atoms with E-state index in [0.29, 0.717) is 6.04 Å². The number of amides is 1. The van der Waals surface area contributed by atoms with Crippen LogP contribution in [0.4, 0.5) is 0 Å². The van der Waals surface area contributed by atoms with Gasteiger partial charge in [-0.1, -0.05) is 31.7 Å². The van der Waals surface area contributed by atoms with Crippen LogP contribution in [0.5, 0.6) is 0 Å². The number of nitriles is 1. The van der Waals surface area contributed by atoms with E-state index in [9.17, 15) is 10.1 Å². The van der Waals surface area contributed by atoms with E-state index in [1.807, 2.05) is 38.3 Å². The molecule has 1 saturated carbocycles. The van der Waals surface area contributed by atoms with Crippen molar-refractivity contribution in [1.82, 2.24) is 20.1 Å². The number of aromatic nitrogens is 3. The summed E-state index contributed by atoms with van der Waals surface area (Å²) >= 11 is 3.04. The van der Waals surface area contributed by atoms with Crippen molar-refractivity contribution in [2.75, 3.05) is 0 Å². The van der Waals surface area contributed by atoms with E-state index in [0.717, 1.165) is 28.7 Å². The second-order valence-corrected chi connectivity index (χ2v) is 9.36. The summed E-state index contributed by atoms with van der Waals surface area (Å²) in [4.78, 5) is 13.7. The summed E-state index contributed by atoms with van der Waals surface area (Å²) in [6.07, 6.45) is 2.23. The lowest BCUT2D eigenvalue weighted by atomic mass is 9.90. The minimum absolute atomic E-state index is 0.0224. The normalized spacial score (nSPS) is 17.5. The zero-order chi connectivity index (χ0) is 18.9. The van der Waals surface area contributed by atoms with Gasteiger partial charge in [-0.3, -0.25) is 9.36 Å². The van der Waals surface area contributed by atoms with Crippen molar-refractivity contribution in [3.8, 4) is 16.8 Å². The van der Waals surface area contributed by atoms with E-state index in [2.05, 4.69) is 26.2 Å². The summed E-state index contributed by atoms with van der Waals surface area (Å²) in [7, 11) is 0. The minimum Gasteiger partial charge on any atom is -0.337 e. The second-order valence-electron chi connectivity index (χ2n) is 7.10. The number of thioether (sulfide) groups is 1. The Balaban J connectivity index is 1.77. The summed E-state index contributed by atoms with van der Waals surface area (Å²) in [6, 6.07) is 6.68. The molecule has 0 spiro atoms. The fourth-order valence-corrected chi connectivity index (χ4v) is 4.09. The van der Waals surface area contributed by atoms with Crippen molar-refractivity contribution < 1.29 is 4.79 Å². The Hall–Kier alpha value is -1.85. The summed E-state index contributed by atoms with van der Waals surface area (Å²) < 4.78 is 2.16. The number of hydrogen-bond donors (Lipinski definition) is 1. The van der Waals surface area contributed by atoms with E-state index >= 15 is 0 Å². The highest BCUT2D eigenvalue weighted by Gasteiger charge is 2.34. The lowest BCUT2D eigenvalue weighted by Gasteiger charge is -2.28. The topological polar surface area (TPSA) is 83.6 Å². The highest BCUT2D eigenvalue weighted by atomic mass is 32.2. The number of nitrogens with one attached hydrogen (secondary N) is 1. The van der Waals surface area contributed by atoms with Crippen LogP contribution in [0, 0.1) is 17.2 Å². The molecule has 3 rings (SSSR count). The van der Waals surface area contributed by atoms with Crippen LogP contribution in [0.3, 0.4) is 0 Å². The third-order valence-electron chi connectivity index (χ3n) is 4.74. The third-order valence-corrected chi connectivity index (χ3v) is 6.66. The van der Waals surface area contributed by atoms with E-state index in [1.165, 1.54) is 11.8 Å². The van der Waals surface area contributed by atoms with Crippen LogP contribution in [0.15, 0.2) is 22.7 Å². The molecule has 1 N–H and O–H groups in total. The molecule has 0 saturated heterocycles. The van der Waals surface area contributed by atoms with Crippen LogP contribution >= 0.6 is 23.1 Å². The Labute approximate surface area is 162 Å². The second kappa shape index (κ2) is 7.41. The largest absolute Gasteiger partial charge is 0.337 e. The molecule has 0 radical (unpaired) electrons. The zero-order valence-electron chi connectivity index (χ0n) is 15.4. The minimum atomic E-state index is -0.877. The van der Waals surface area contributed by atoms with Crippen molar-refractivity contribution in [2.24, 2.45) is 5.92 Å². The van der Waals surface area contributed by atoms with Crippen LogP contribution in [0.25, 0.3) is 10.7 Å². The molecule has 0 aliphatic heterocycles. The fourth-order valence-electron chi connectivity index (χ4n) is 2.46. The highest BCUT2D eigenvalue weighted by Crippen LogP contribution is 2.42. The van der Waals surface area contributed by atoms with Crippen LogP contribution in [-0.2, 0) is 4.79 Å². The first kappa shape index (κ1) is 18.9. The van der Waals surface area contributed by atoms with Crippen molar-refractivity contribution >= 4 is 29.0 Å². The number of thiophene rings is 1. The zero-order valence-corrected chi connectivity index (χ0v) is 17.0. The molecule has 138 valence electrons. The smallest absolute Gasteiger partial charge is 0.234 e.